The summed E-state index contributed by atoms with van der Waals surface area (Å²) in [6.07, 6.45) is 9.01. The molecule has 92 valence electrons. The molecule has 0 heterocycles. The number of hydrogen-bond acceptors (Lipinski definition) is 2. The van der Waals surface area contributed by atoms with E-state index in [1.54, 1.807) is 0 Å². The summed E-state index contributed by atoms with van der Waals surface area (Å²) in [6, 6.07) is 0. The Kier molecular flexibility index (Phi) is 3.53. The highest BCUT2D eigenvalue weighted by Crippen LogP contribution is 2.48. The van der Waals surface area contributed by atoms with E-state index in [0.29, 0.717) is 18.4 Å². The summed E-state index contributed by atoms with van der Waals surface area (Å²) in [5.41, 5.74) is 5.23. The smallest absolute Gasteiger partial charge is 0.311 e. The van der Waals surface area contributed by atoms with Crippen molar-refractivity contribution in [3.05, 3.63) is 0 Å². The van der Waals surface area contributed by atoms with Crippen LogP contribution in [0.3, 0.4) is 0 Å². The van der Waals surface area contributed by atoms with Gasteiger partial charge in [-0.3, -0.25) is 4.79 Å². The molecule has 1 unspecified atom stereocenters. The van der Waals surface area contributed by atoms with Crippen molar-refractivity contribution >= 4 is 5.97 Å². The molecule has 0 bridgehead atoms. The Morgan fingerprint density at radius 3 is 2.25 bits per heavy atom. The molecule has 0 radical (unpaired) electrons. The van der Waals surface area contributed by atoms with Crippen LogP contribution in [-0.4, -0.2) is 17.6 Å². The first-order valence-electron chi connectivity index (χ1n) is 6.62. The second kappa shape index (κ2) is 4.74. The number of aliphatic carboxylic acids is 1. The van der Waals surface area contributed by atoms with Gasteiger partial charge in [-0.2, -0.15) is 0 Å². The van der Waals surface area contributed by atoms with Crippen LogP contribution >= 0.6 is 0 Å². The van der Waals surface area contributed by atoms with Crippen molar-refractivity contribution in [1.29, 1.82) is 0 Å². The summed E-state index contributed by atoms with van der Waals surface area (Å²) < 4.78 is 0. The van der Waals surface area contributed by atoms with Crippen molar-refractivity contribution in [3.63, 3.8) is 0 Å². The fraction of sp³-hybridized carbons (Fsp3) is 0.923. The molecule has 2 rings (SSSR count). The molecular formula is C13H23NO2. The van der Waals surface area contributed by atoms with Crippen molar-refractivity contribution in [2.24, 2.45) is 23.0 Å². The highest BCUT2D eigenvalue weighted by Gasteiger charge is 2.47. The highest BCUT2D eigenvalue weighted by atomic mass is 16.4. The van der Waals surface area contributed by atoms with Gasteiger partial charge in [0, 0.05) is 6.54 Å². The minimum Gasteiger partial charge on any atom is -0.481 e. The Morgan fingerprint density at radius 1 is 1.19 bits per heavy atom. The first kappa shape index (κ1) is 11.9. The van der Waals surface area contributed by atoms with E-state index in [1.807, 2.05) is 0 Å². The van der Waals surface area contributed by atoms with Gasteiger partial charge in [0.25, 0.3) is 0 Å². The van der Waals surface area contributed by atoms with Crippen molar-refractivity contribution < 1.29 is 9.90 Å². The Labute approximate surface area is 97.4 Å². The zero-order chi connectivity index (χ0) is 11.6. The quantitative estimate of drug-likeness (QED) is 0.755. The zero-order valence-electron chi connectivity index (χ0n) is 9.95. The van der Waals surface area contributed by atoms with Gasteiger partial charge < -0.3 is 10.8 Å². The standard InChI is InChI=1S/C13H23NO2/c14-9-13(12(15)16,8-10-6-7-10)11-4-2-1-3-5-11/h10-11H,1-9,14H2,(H,15,16). The highest BCUT2D eigenvalue weighted by molar-refractivity contribution is 5.75. The number of carbonyl (C=O) groups is 1. The number of hydrogen-bond donors (Lipinski definition) is 2. The topological polar surface area (TPSA) is 63.3 Å². The molecule has 3 nitrogen and oxygen atoms in total. The number of carboxylic acid groups (broad SMARTS) is 1. The van der Waals surface area contributed by atoms with Crippen LogP contribution in [0.25, 0.3) is 0 Å². The maximum Gasteiger partial charge on any atom is 0.311 e. The van der Waals surface area contributed by atoms with Crippen molar-refractivity contribution in [2.45, 2.75) is 51.4 Å². The minimum atomic E-state index is -0.645. The lowest BCUT2D eigenvalue weighted by atomic mass is 9.66. The van der Waals surface area contributed by atoms with Gasteiger partial charge in [0.05, 0.1) is 5.41 Å². The molecule has 0 aromatic rings. The van der Waals surface area contributed by atoms with E-state index in [1.165, 1.54) is 32.1 Å². The van der Waals surface area contributed by atoms with Gasteiger partial charge in [0.2, 0.25) is 0 Å². The van der Waals surface area contributed by atoms with Gasteiger partial charge in [-0.15, -0.1) is 0 Å². The van der Waals surface area contributed by atoms with E-state index in [4.69, 9.17) is 5.73 Å². The third-order valence-corrected chi connectivity index (χ3v) is 4.53. The molecule has 0 aromatic carbocycles. The lowest BCUT2D eigenvalue weighted by Crippen LogP contribution is -2.46. The number of carboxylic acids is 1. The maximum atomic E-state index is 11.6. The van der Waals surface area contributed by atoms with Crippen LogP contribution in [0.4, 0.5) is 0 Å². The molecule has 3 N–H and O–H groups in total. The molecule has 2 aliphatic carbocycles. The SMILES string of the molecule is NCC(CC1CC1)(C(=O)O)C1CCCCC1. The van der Waals surface area contributed by atoms with Gasteiger partial charge in [-0.25, -0.2) is 0 Å². The van der Waals surface area contributed by atoms with Gasteiger partial charge in [0.15, 0.2) is 0 Å². The fourth-order valence-electron chi connectivity index (χ4n) is 3.26. The number of nitrogens with two attached hydrogens (primary N) is 1. The van der Waals surface area contributed by atoms with Gasteiger partial charge in [-0.05, 0) is 31.1 Å². The van der Waals surface area contributed by atoms with Gasteiger partial charge in [-0.1, -0.05) is 32.1 Å². The molecule has 16 heavy (non-hydrogen) atoms. The minimum absolute atomic E-state index is 0.323. The predicted molar refractivity (Wildman–Crippen MR) is 63.0 cm³/mol. The fourth-order valence-corrected chi connectivity index (χ4v) is 3.26. The normalized spacial score (nSPS) is 26.3. The van der Waals surface area contributed by atoms with Gasteiger partial charge in [0.1, 0.15) is 0 Å². The molecule has 0 amide bonds. The Morgan fingerprint density at radius 2 is 1.81 bits per heavy atom. The Hall–Kier alpha value is -0.570. The third kappa shape index (κ3) is 2.24. The van der Waals surface area contributed by atoms with Crippen LogP contribution < -0.4 is 5.73 Å². The van der Waals surface area contributed by atoms with Gasteiger partial charge >= 0.3 is 5.97 Å². The lowest BCUT2D eigenvalue weighted by molar-refractivity contribution is -0.154. The molecule has 0 saturated heterocycles. The van der Waals surface area contributed by atoms with Crippen molar-refractivity contribution in [2.75, 3.05) is 6.54 Å². The van der Waals surface area contributed by atoms with E-state index < -0.39 is 11.4 Å². The summed E-state index contributed by atoms with van der Waals surface area (Å²) in [5, 5.41) is 9.57. The second-order valence-electron chi connectivity index (χ2n) is 5.65. The zero-order valence-corrected chi connectivity index (χ0v) is 9.95. The van der Waals surface area contributed by atoms with E-state index in [2.05, 4.69) is 0 Å². The molecule has 0 aliphatic heterocycles. The molecule has 0 spiro atoms. The summed E-state index contributed by atoms with van der Waals surface area (Å²) in [4.78, 5) is 11.6. The van der Waals surface area contributed by atoms with E-state index >= 15 is 0 Å². The molecule has 1 atom stereocenters. The third-order valence-electron chi connectivity index (χ3n) is 4.53. The van der Waals surface area contributed by atoms with Crippen molar-refractivity contribution in [1.82, 2.24) is 0 Å². The molecule has 2 aliphatic rings. The first-order valence-corrected chi connectivity index (χ1v) is 6.62. The molecule has 2 saturated carbocycles. The average molecular weight is 225 g/mol. The van der Waals surface area contributed by atoms with Crippen molar-refractivity contribution in [3.8, 4) is 0 Å². The lowest BCUT2D eigenvalue weighted by Gasteiger charge is -2.38. The maximum absolute atomic E-state index is 11.6. The largest absolute Gasteiger partial charge is 0.481 e. The van der Waals surface area contributed by atoms with E-state index in [9.17, 15) is 9.90 Å². The van der Waals surface area contributed by atoms with Crippen LogP contribution in [-0.2, 0) is 4.79 Å². The summed E-state index contributed by atoms with van der Waals surface area (Å²) in [5.74, 6) is 0.319. The second-order valence-corrected chi connectivity index (χ2v) is 5.65. The van der Waals surface area contributed by atoms with Crippen LogP contribution in [0.1, 0.15) is 51.4 Å². The molecule has 0 aromatic heterocycles. The Balaban J connectivity index is 2.12. The van der Waals surface area contributed by atoms with Crippen LogP contribution in [0.5, 0.6) is 0 Å². The van der Waals surface area contributed by atoms with E-state index in [0.717, 1.165) is 19.3 Å². The predicted octanol–water partition coefficient (Wildman–Crippen LogP) is 2.40. The summed E-state index contributed by atoms with van der Waals surface area (Å²) in [6.45, 7) is 0.323. The summed E-state index contributed by atoms with van der Waals surface area (Å²) in [7, 11) is 0. The molecular weight excluding hydrogens is 202 g/mol. The monoisotopic (exact) mass is 225 g/mol. The molecule has 3 heteroatoms. The summed E-state index contributed by atoms with van der Waals surface area (Å²) >= 11 is 0. The number of rotatable bonds is 5. The van der Waals surface area contributed by atoms with Crippen LogP contribution in [0, 0.1) is 17.3 Å². The Bertz CT molecular complexity index is 257. The van der Waals surface area contributed by atoms with Crippen LogP contribution in [0.2, 0.25) is 0 Å². The van der Waals surface area contributed by atoms with E-state index in [-0.39, 0.29) is 0 Å². The average Bonchev–Trinajstić information content (AvgIpc) is 3.10. The van der Waals surface area contributed by atoms with Crippen LogP contribution in [0.15, 0.2) is 0 Å². The molecule has 2 fully saturated rings. The first-order chi connectivity index (χ1) is 7.69.